The van der Waals surface area contributed by atoms with Crippen LogP contribution in [-0.2, 0) is 4.79 Å². The van der Waals surface area contributed by atoms with E-state index in [1.54, 1.807) is 36.4 Å². The van der Waals surface area contributed by atoms with Gasteiger partial charge in [-0.3, -0.25) is 19.7 Å². The molecule has 0 aromatic heterocycles. The van der Waals surface area contributed by atoms with E-state index in [0.29, 0.717) is 5.56 Å². The summed E-state index contributed by atoms with van der Waals surface area (Å²) in [6.07, 6.45) is 0. The van der Waals surface area contributed by atoms with E-state index in [1.165, 1.54) is 25.1 Å². The first-order chi connectivity index (χ1) is 11.0. The molecule has 0 bridgehead atoms. The number of nitrogens with zero attached hydrogens (tertiary/aromatic N) is 3. The van der Waals surface area contributed by atoms with Gasteiger partial charge in [-0.15, -0.1) is 5.11 Å². The van der Waals surface area contributed by atoms with E-state index in [4.69, 9.17) is 0 Å². The van der Waals surface area contributed by atoms with E-state index in [-0.39, 0.29) is 11.4 Å². The highest BCUT2D eigenvalue weighted by molar-refractivity contribution is 6.13. The van der Waals surface area contributed by atoms with E-state index in [9.17, 15) is 19.7 Å². The summed E-state index contributed by atoms with van der Waals surface area (Å²) in [6.45, 7) is 1.23. The molecule has 0 aliphatic heterocycles. The van der Waals surface area contributed by atoms with Crippen molar-refractivity contribution in [2.45, 2.75) is 13.0 Å². The van der Waals surface area contributed by atoms with Crippen molar-refractivity contribution in [2.24, 2.45) is 10.2 Å². The fourth-order valence-corrected chi connectivity index (χ4v) is 1.90. The van der Waals surface area contributed by atoms with Crippen molar-refractivity contribution < 1.29 is 14.5 Å². The van der Waals surface area contributed by atoms with E-state index in [1.807, 2.05) is 0 Å². The Labute approximate surface area is 131 Å². The Kier molecular flexibility index (Phi) is 5.03. The SMILES string of the molecule is CC(=O)C(N=Nc1ccccc1[N+](=O)[O-])C(=O)c1ccccc1. The molecule has 0 fully saturated rings. The van der Waals surface area contributed by atoms with Crippen molar-refractivity contribution in [3.63, 3.8) is 0 Å². The number of para-hydroxylation sites is 1. The number of Topliss-reactive ketones (excluding diaryl/α,β-unsaturated/α-hetero) is 2. The Morgan fingerprint density at radius 3 is 2.26 bits per heavy atom. The van der Waals surface area contributed by atoms with Crippen LogP contribution in [0.1, 0.15) is 17.3 Å². The third-order valence-electron chi connectivity index (χ3n) is 3.05. The third kappa shape index (κ3) is 3.91. The van der Waals surface area contributed by atoms with Gasteiger partial charge in [0.15, 0.2) is 23.3 Å². The summed E-state index contributed by atoms with van der Waals surface area (Å²) < 4.78 is 0. The Bertz CT molecular complexity index is 772. The normalized spacial score (nSPS) is 12.0. The summed E-state index contributed by atoms with van der Waals surface area (Å²) in [7, 11) is 0. The first-order valence-corrected chi connectivity index (χ1v) is 6.74. The second kappa shape index (κ2) is 7.17. The monoisotopic (exact) mass is 311 g/mol. The Morgan fingerprint density at radius 1 is 1.04 bits per heavy atom. The topological polar surface area (TPSA) is 102 Å². The van der Waals surface area contributed by atoms with Crippen LogP contribution in [0.5, 0.6) is 0 Å². The third-order valence-corrected chi connectivity index (χ3v) is 3.05. The number of carbonyl (C=O) groups is 2. The first kappa shape index (κ1) is 16.2. The maximum atomic E-state index is 12.3. The molecule has 0 N–H and O–H groups in total. The number of carbonyl (C=O) groups excluding carboxylic acids is 2. The van der Waals surface area contributed by atoms with E-state index < -0.39 is 22.5 Å². The summed E-state index contributed by atoms with van der Waals surface area (Å²) in [4.78, 5) is 34.3. The minimum atomic E-state index is -1.32. The molecule has 0 saturated heterocycles. The number of hydrogen-bond acceptors (Lipinski definition) is 6. The van der Waals surface area contributed by atoms with Crippen LogP contribution in [0.15, 0.2) is 64.8 Å². The molecule has 1 atom stereocenters. The van der Waals surface area contributed by atoms with Gasteiger partial charge in [0.1, 0.15) is 0 Å². The van der Waals surface area contributed by atoms with Crippen molar-refractivity contribution in [1.82, 2.24) is 0 Å². The molecular formula is C16H13N3O4. The molecule has 0 aliphatic rings. The van der Waals surface area contributed by atoms with Gasteiger partial charge in [-0.1, -0.05) is 42.5 Å². The minimum Gasteiger partial charge on any atom is -0.297 e. The molecule has 0 aliphatic carbocycles. The number of azo groups is 1. The van der Waals surface area contributed by atoms with Crippen LogP contribution in [-0.4, -0.2) is 22.5 Å². The van der Waals surface area contributed by atoms with E-state index in [0.717, 1.165) is 0 Å². The second-order valence-corrected chi connectivity index (χ2v) is 4.70. The summed E-state index contributed by atoms with van der Waals surface area (Å²) in [5, 5.41) is 18.4. The molecule has 23 heavy (non-hydrogen) atoms. The maximum Gasteiger partial charge on any atom is 0.296 e. The fraction of sp³-hybridized carbons (Fsp3) is 0.125. The summed E-state index contributed by atoms with van der Waals surface area (Å²) in [5.41, 5.74) is 0.0736. The zero-order valence-electron chi connectivity index (χ0n) is 12.2. The van der Waals surface area contributed by atoms with Crippen LogP contribution in [0.4, 0.5) is 11.4 Å². The number of benzene rings is 2. The summed E-state index contributed by atoms with van der Waals surface area (Å²) in [6, 6.07) is 12.6. The van der Waals surface area contributed by atoms with Crippen LogP contribution in [0, 0.1) is 10.1 Å². The maximum absolute atomic E-state index is 12.3. The molecule has 0 spiro atoms. The molecule has 116 valence electrons. The van der Waals surface area contributed by atoms with Crippen molar-refractivity contribution in [1.29, 1.82) is 0 Å². The number of ketones is 2. The Hall–Kier alpha value is -3.22. The summed E-state index contributed by atoms with van der Waals surface area (Å²) in [5.74, 6) is -0.985. The molecule has 2 aromatic carbocycles. The van der Waals surface area contributed by atoms with E-state index >= 15 is 0 Å². The lowest BCUT2D eigenvalue weighted by atomic mass is 10.0. The molecular weight excluding hydrogens is 298 g/mol. The molecule has 0 saturated carbocycles. The molecule has 0 amide bonds. The van der Waals surface area contributed by atoms with Gasteiger partial charge in [-0.25, -0.2) is 0 Å². The Balaban J connectivity index is 2.32. The highest BCUT2D eigenvalue weighted by Gasteiger charge is 2.24. The number of nitro groups is 1. The average molecular weight is 311 g/mol. The van der Waals surface area contributed by atoms with Crippen LogP contribution in [0.2, 0.25) is 0 Å². The van der Waals surface area contributed by atoms with Crippen molar-refractivity contribution >= 4 is 22.9 Å². The molecule has 0 radical (unpaired) electrons. The number of hydrogen-bond donors (Lipinski definition) is 0. The van der Waals surface area contributed by atoms with Crippen LogP contribution in [0.25, 0.3) is 0 Å². The smallest absolute Gasteiger partial charge is 0.296 e. The largest absolute Gasteiger partial charge is 0.297 e. The van der Waals surface area contributed by atoms with Gasteiger partial charge in [0.25, 0.3) is 5.69 Å². The number of rotatable bonds is 6. The minimum absolute atomic E-state index is 0.00962. The second-order valence-electron chi connectivity index (χ2n) is 4.70. The molecule has 2 rings (SSSR count). The highest BCUT2D eigenvalue weighted by Crippen LogP contribution is 2.27. The summed E-state index contributed by atoms with van der Waals surface area (Å²) >= 11 is 0. The van der Waals surface area contributed by atoms with Crippen LogP contribution < -0.4 is 0 Å². The lowest BCUT2D eigenvalue weighted by molar-refractivity contribution is -0.384. The molecule has 1 unspecified atom stereocenters. The van der Waals surface area contributed by atoms with Gasteiger partial charge < -0.3 is 0 Å². The van der Waals surface area contributed by atoms with Gasteiger partial charge in [0.2, 0.25) is 0 Å². The van der Waals surface area contributed by atoms with Gasteiger partial charge >= 0.3 is 0 Å². The van der Waals surface area contributed by atoms with Crippen LogP contribution >= 0.6 is 0 Å². The Morgan fingerprint density at radius 2 is 1.65 bits per heavy atom. The van der Waals surface area contributed by atoms with Gasteiger partial charge in [-0.05, 0) is 13.0 Å². The first-order valence-electron chi connectivity index (χ1n) is 6.74. The predicted molar refractivity (Wildman–Crippen MR) is 82.9 cm³/mol. The standard InChI is InChI=1S/C16H13N3O4/c1-11(20)15(16(21)12-7-3-2-4-8-12)18-17-13-9-5-6-10-14(13)19(22)23/h2-10,15H,1H3. The highest BCUT2D eigenvalue weighted by atomic mass is 16.6. The predicted octanol–water partition coefficient (Wildman–Crippen LogP) is 3.52. The van der Waals surface area contributed by atoms with Crippen molar-refractivity contribution in [3.8, 4) is 0 Å². The molecule has 7 nitrogen and oxygen atoms in total. The van der Waals surface area contributed by atoms with E-state index in [2.05, 4.69) is 10.2 Å². The van der Waals surface area contributed by atoms with Crippen LogP contribution in [0.3, 0.4) is 0 Å². The molecule has 7 heteroatoms. The van der Waals surface area contributed by atoms with Gasteiger partial charge in [0, 0.05) is 11.6 Å². The fourth-order valence-electron chi connectivity index (χ4n) is 1.90. The van der Waals surface area contributed by atoms with Crippen molar-refractivity contribution in [2.75, 3.05) is 0 Å². The zero-order chi connectivity index (χ0) is 16.8. The van der Waals surface area contributed by atoms with Crippen molar-refractivity contribution in [3.05, 3.63) is 70.3 Å². The number of nitro benzene ring substituents is 1. The van der Waals surface area contributed by atoms with Gasteiger partial charge in [-0.2, -0.15) is 5.11 Å². The molecule has 0 heterocycles. The molecule has 2 aromatic rings. The quantitative estimate of drug-likeness (QED) is 0.268. The van der Waals surface area contributed by atoms with Gasteiger partial charge in [0.05, 0.1) is 4.92 Å². The lowest BCUT2D eigenvalue weighted by Crippen LogP contribution is -2.26. The average Bonchev–Trinajstić information content (AvgIpc) is 2.55. The lowest BCUT2D eigenvalue weighted by Gasteiger charge is -2.06. The zero-order valence-corrected chi connectivity index (χ0v) is 12.2.